The van der Waals surface area contributed by atoms with Crippen LogP contribution in [0.25, 0.3) is 0 Å². The summed E-state index contributed by atoms with van der Waals surface area (Å²) in [6.45, 7) is 4.04. The zero-order valence-corrected chi connectivity index (χ0v) is 21.2. The molecule has 3 aliphatic heterocycles. The van der Waals surface area contributed by atoms with E-state index < -0.39 is 35.4 Å². The predicted molar refractivity (Wildman–Crippen MR) is 124 cm³/mol. The van der Waals surface area contributed by atoms with Crippen LogP contribution in [0.1, 0.15) is 20.3 Å². The van der Waals surface area contributed by atoms with Crippen molar-refractivity contribution < 1.29 is 53.1 Å². The first-order valence-electron chi connectivity index (χ1n) is 11.8. The molecule has 3 saturated heterocycles. The fraction of sp³-hybridized carbons (Fsp3) is 0.818. The van der Waals surface area contributed by atoms with Gasteiger partial charge in [-0.1, -0.05) is 0 Å². The number of imide groups is 1. The van der Waals surface area contributed by atoms with Gasteiger partial charge in [-0.05, 0) is 6.92 Å². The van der Waals surface area contributed by atoms with Gasteiger partial charge in [0.1, 0.15) is 29.6 Å². The average molecular weight is 535 g/mol. The van der Waals surface area contributed by atoms with Crippen molar-refractivity contribution in [3.8, 4) is 0 Å². The largest absolute Gasteiger partial charge is 0.388 e. The molecule has 204 valence electrons. The highest BCUT2D eigenvalue weighted by molar-refractivity contribution is 8.01. The van der Waals surface area contributed by atoms with Crippen LogP contribution in [0.2, 0.25) is 0 Å². The standard InChI is InChI=1S/C22H34N2O11S/c1-13(25)10-36-15-9-16(27)24(20(15)30)3-4-31-5-6-32-7-8-33-11-22-12-34-21(35-22)17(23-14(2)26)18(28)19(22)29/h15,17-19,21,28-29H,3-12H2,1-2H3,(H,23,26)/t15?,17-,18+,19+,21-,22-/m0/s1. The van der Waals surface area contributed by atoms with E-state index in [4.69, 9.17) is 23.7 Å². The Bertz CT molecular complexity index is 815. The molecule has 0 aliphatic carbocycles. The van der Waals surface area contributed by atoms with Gasteiger partial charge in [-0.15, -0.1) is 11.8 Å². The van der Waals surface area contributed by atoms with E-state index in [1.807, 2.05) is 0 Å². The normalized spacial score (nSPS) is 31.8. The van der Waals surface area contributed by atoms with Crippen molar-refractivity contribution in [1.82, 2.24) is 10.2 Å². The van der Waals surface area contributed by atoms with Crippen LogP contribution in [0.3, 0.4) is 0 Å². The maximum absolute atomic E-state index is 12.3. The molecule has 6 atom stereocenters. The molecule has 0 aromatic carbocycles. The number of likely N-dealkylation sites (tertiary alicyclic amines) is 1. The van der Waals surface area contributed by atoms with Gasteiger partial charge in [0.05, 0.1) is 63.8 Å². The molecular weight excluding hydrogens is 500 g/mol. The number of nitrogens with one attached hydrogen (secondary N) is 1. The van der Waals surface area contributed by atoms with E-state index in [1.54, 1.807) is 0 Å². The van der Waals surface area contributed by atoms with Crippen molar-refractivity contribution in [1.29, 1.82) is 0 Å². The number of thioether (sulfide) groups is 1. The number of aliphatic hydroxyl groups is 2. The minimum absolute atomic E-state index is 0.0128. The van der Waals surface area contributed by atoms with Crippen molar-refractivity contribution in [3.63, 3.8) is 0 Å². The average Bonchev–Trinajstić information content (AvgIpc) is 3.35. The van der Waals surface area contributed by atoms with E-state index in [-0.39, 0.29) is 88.5 Å². The second kappa shape index (κ2) is 13.2. The molecule has 0 aromatic rings. The molecule has 3 aliphatic rings. The molecule has 0 spiro atoms. The van der Waals surface area contributed by atoms with Crippen LogP contribution >= 0.6 is 11.8 Å². The summed E-state index contributed by atoms with van der Waals surface area (Å²) in [4.78, 5) is 47.8. The summed E-state index contributed by atoms with van der Waals surface area (Å²) in [7, 11) is 0. The number of fused-ring (bicyclic) bond motifs is 2. The molecule has 3 N–H and O–H groups in total. The van der Waals surface area contributed by atoms with Gasteiger partial charge in [0.15, 0.2) is 6.29 Å². The second-order valence-corrected chi connectivity index (χ2v) is 10.1. The third-order valence-corrected chi connectivity index (χ3v) is 7.32. The van der Waals surface area contributed by atoms with Crippen LogP contribution in [-0.4, -0.2) is 133 Å². The molecule has 3 heterocycles. The van der Waals surface area contributed by atoms with E-state index in [0.29, 0.717) is 0 Å². The zero-order valence-electron chi connectivity index (χ0n) is 20.4. The van der Waals surface area contributed by atoms with E-state index >= 15 is 0 Å². The fourth-order valence-corrected chi connectivity index (χ4v) is 5.12. The highest BCUT2D eigenvalue weighted by Gasteiger charge is 2.59. The summed E-state index contributed by atoms with van der Waals surface area (Å²) in [5.74, 6) is -0.751. The number of Topliss-reactive ketones (excluding diaryl/α,β-unsaturated/α-hetero) is 1. The Morgan fingerprint density at radius 2 is 1.78 bits per heavy atom. The van der Waals surface area contributed by atoms with Gasteiger partial charge < -0.3 is 39.2 Å². The van der Waals surface area contributed by atoms with E-state index in [2.05, 4.69) is 5.32 Å². The Kier molecular flexibility index (Phi) is 10.6. The number of aliphatic hydroxyl groups excluding tert-OH is 2. The third kappa shape index (κ3) is 7.22. The number of amides is 3. The number of ketones is 1. The Hall–Kier alpha value is -1.65. The highest BCUT2D eigenvalue weighted by Crippen LogP contribution is 2.37. The van der Waals surface area contributed by atoms with Crippen molar-refractivity contribution in [2.24, 2.45) is 0 Å². The molecule has 3 rings (SSSR count). The van der Waals surface area contributed by atoms with Crippen LogP contribution in [0.5, 0.6) is 0 Å². The number of carbonyl (C=O) groups is 4. The Labute approximate surface area is 213 Å². The molecule has 14 heteroatoms. The van der Waals surface area contributed by atoms with Crippen molar-refractivity contribution in [2.75, 3.05) is 58.5 Å². The number of hydrogen-bond donors (Lipinski definition) is 3. The maximum atomic E-state index is 12.3. The summed E-state index contributed by atoms with van der Waals surface area (Å²) in [5, 5.41) is 22.9. The summed E-state index contributed by atoms with van der Waals surface area (Å²) in [6.07, 6.45) is -3.34. The van der Waals surface area contributed by atoms with Gasteiger partial charge in [0, 0.05) is 13.3 Å². The molecule has 3 fully saturated rings. The fourth-order valence-electron chi connectivity index (χ4n) is 4.15. The van der Waals surface area contributed by atoms with Crippen LogP contribution < -0.4 is 5.32 Å². The number of carbonyl (C=O) groups excluding carboxylic acids is 4. The minimum atomic E-state index is -1.31. The molecule has 2 bridgehead atoms. The van der Waals surface area contributed by atoms with Gasteiger partial charge in [0.25, 0.3) is 0 Å². The molecule has 3 amide bonds. The van der Waals surface area contributed by atoms with Crippen LogP contribution in [0, 0.1) is 0 Å². The topological polar surface area (TPSA) is 170 Å². The van der Waals surface area contributed by atoms with Gasteiger partial charge >= 0.3 is 0 Å². The van der Waals surface area contributed by atoms with Crippen LogP contribution in [0.4, 0.5) is 0 Å². The first-order chi connectivity index (χ1) is 17.1. The molecular formula is C22H34N2O11S. The van der Waals surface area contributed by atoms with Gasteiger partial charge in [0.2, 0.25) is 17.7 Å². The number of hydrogen-bond acceptors (Lipinski definition) is 12. The van der Waals surface area contributed by atoms with E-state index in [0.717, 1.165) is 0 Å². The third-order valence-electron chi connectivity index (χ3n) is 5.98. The van der Waals surface area contributed by atoms with Gasteiger partial charge in [-0.2, -0.15) is 0 Å². The lowest BCUT2D eigenvalue weighted by atomic mass is 9.88. The summed E-state index contributed by atoms with van der Waals surface area (Å²) in [6, 6.07) is -0.870. The maximum Gasteiger partial charge on any atom is 0.242 e. The smallest absolute Gasteiger partial charge is 0.242 e. The summed E-state index contributed by atoms with van der Waals surface area (Å²) < 4.78 is 27.7. The van der Waals surface area contributed by atoms with Crippen molar-refractivity contribution in [2.45, 2.75) is 55.7 Å². The molecule has 36 heavy (non-hydrogen) atoms. The molecule has 0 aromatic heterocycles. The first-order valence-corrected chi connectivity index (χ1v) is 12.8. The molecule has 13 nitrogen and oxygen atoms in total. The number of ether oxygens (including phenoxy) is 5. The zero-order chi connectivity index (χ0) is 26.3. The molecule has 0 saturated carbocycles. The van der Waals surface area contributed by atoms with Gasteiger partial charge in [-0.25, -0.2) is 0 Å². The van der Waals surface area contributed by atoms with Crippen LogP contribution in [0.15, 0.2) is 0 Å². The second-order valence-electron chi connectivity index (χ2n) is 8.89. The molecule has 0 radical (unpaired) electrons. The van der Waals surface area contributed by atoms with Gasteiger partial charge in [-0.3, -0.25) is 24.1 Å². The summed E-state index contributed by atoms with van der Waals surface area (Å²) in [5.41, 5.74) is -1.23. The lowest BCUT2D eigenvalue weighted by molar-refractivity contribution is -0.238. The lowest BCUT2D eigenvalue weighted by Gasteiger charge is -2.42. The Balaban J connectivity index is 1.23. The highest BCUT2D eigenvalue weighted by atomic mass is 32.2. The Morgan fingerprint density at radius 3 is 2.44 bits per heavy atom. The Morgan fingerprint density at radius 1 is 1.11 bits per heavy atom. The molecule has 1 unspecified atom stereocenters. The number of nitrogens with zero attached hydrogens (tertiary/aromatic N) is 1. The first kappa shape index (κ1) is 28.9. The van der Waals surface area contributed by atoms with E-state index in [9.17, 15) is 29.4 Å². The van der Waals surface area contributed by atoms with Crippen molar-refractivity contribution in [3.05, 3.63) is 0 Å². The quantitative estimate of drug-likeness (QED) is 0.154. The monoisotopic (exact) mass is 534 g/mol. The van der Waals surface area contributed by atoms with Crippen molar-refractivity contribution >= 4 is 35.3 Å². The van der Waals surface area contributed by atoms with Crippen LogP contribution in [-0.2, 0) is 42.9 Å². The summed E-state index contributed by atoms with van der Waals surface area (Å²) >= 11 is 1.19. The SMILES string of the molecule is CC(=O)CSC1CC(=O)N(CCOCCOCCOC[C@@]23CO[C@@H](O2)[C@@H](NC(C)=O)[C@@H](O)[C@H]3O)C1=O. The predicted octanol–water partition coefficient (Wildman–Crippen LogP) is -2.16. The lowest BCUT2D eigenvalue weighted by Crippen LogP contribution is -2.66. The van der Waals surface area contributed by atoms with E-state index in [1.165, 1.54) is 30.5 Å². The minimum Gasteiger partial charge on any atom is -0.388 e. The number of rotatable bonds is 15.